The molecule has 1 unspecified atom stereocenters. The minimum absolute atomic E-state index is 0.211. The van der Waals surface area contributed by atoms with Crippen molar-refractivity contribution in [3.8, 4) is 0 Å². The van der Waals surface area contributed by atoms with Crippen molar-refractivity contribution in [2.75, 3.05) is 0 Å². The summed E-state index contributed by atoms with van der Waals surface area (Å²) in [5.41, 5.74) is 7.21. The molecule has 92 valence electrons. The Hall–Kier alpha value is -0.770. The Bertz CT molecular complexity index is 537. The molecule has 0 radical (unpaired) electrons. The van der Waals surface area contributed by atoms with Gasteiger partial charge in [0.05, 0.1) is 11.1 Å². The van der Waals surface area contributed by atoms with E-state index in [0.717, 1.165) is 6.42 Å². The van der Waals surface area contributed by atoms with Gasteiger partial charge in [0.25, 0.3) is 0 Å². The molecular formula is C12H14Cl2N2O. The second-order valence-corrected chi connectivity index (χ2v) is 5.37. The summed E-state index contributed by atoms with van der Waals surface area (Å²) in [6, 6.07) is 3.14. The average Bonchev–Trinajstić information content (AvgIpc) is 2.60. The van der Waals surface area contributed by atoms with Gasteiger partial charge in [-0.3, -0.25) is 0 Å². The van der Waals surface area contributed by atoms with Crippen molar-refractivity contribution in [1.82, 2.24) is 4.98 Å². The third kappa shape index (κ3) is 2.73. The molecule has 17 heavy (non-hydrogen) atoms. The molecule has 2 N–H and O–H groups in total. The largest absolute Gasteiger partial charge is 0.437 e. The van der Waals surface area contributed by atoms with Gasteiger partial charge >= 0.3 is 0 Å². The zero-order chi connectivity index (χ0) is 12.6. The number of fused-ring (bicyclic) bond motifs is 1. The molecule has 1 heterocycles. The fourth-order valence-corrected chi connectivity index (χ4v) is 2.27. The van der Waals surface area contributed by atoms with E-state index >= 15 is 0 Å². The van der Waals surface area contributed by atoms with Crippen molar-refractivity contribution in [2.45, 2.75) is 26.3 Å². The highest BCUT2D eigenvalue weighted by Crippen LogP contribution is 2.30. The normalized spacial score (nSPS) is 13.5. The number of rotatable bonds is 3. The van der Waals surface area contributed by atoms with Crippen LogP contribution in [0.25, 0.3) is 11.1 Å². The van der Waals surface area contributed by atoms with Gasteiger partial charge in [0.2, 0.25) is 5.89 Å². The smallest absolute Gasteiger partial charge is 0.212 e. The Morgan fingerprint density at radius 1 is 1.35 bits per heavy atom. The predicted octanol–water partition coefficient (Wildman–Crippen LogP) is 4.18. The second kappa shape index (κ2) is 4.84. The number of oxazole rings is 1. The minimum atomic E-state index is -0.211. The van der Waals surface area contributed by atoms with Crippen LogP contribution >= 0.6 is 23.2 Å². The molecule has 0 saturated carbocycles. The Balaban J connectivity index is 2.41. The number of aromatic nitrogens is 1. The number of hydrogen-bond acceptors (Lipinski definition) is 3. The first kappa shape index (κ1) is 12.7. The molecule has 2 aromatic rings. The summed E-state index contributed by atoms with van der Waals surface area (Å²) in [4.78, 5) is 4.33. The van der Waals surface area contributed by atoms with E-state index in [1.807, 2.05) is 0 Å². The molecule has 0 fully saturated rings. The first-order chi connectivity index (χ1) is 7.97. The van der Waals surface area contributed by atoms with E-state index in [0.29, 0.717) is 33.0 Å². The first-order valence-corrected chi connectivity index (χ1v) is 6.24. The van der Waals surface area contributed by atoms with Crippen LogP contribution in [-0.2, 0) is 0 Å². The highest BCUT2D eigenvalue weighted by atomic mass is 35.5. The Labute approximate surface area is 110 Å². The summed E-state index contributed by atoms with van der Waals surface area (Å²) in [5, 5.41) is 1.00. The summed E-state index contributed by atoms with van der Waals surface area (Å²) >= 11 is 11.9. The monoisotopic (exact) mass is 272 g/mol. The molecule has 0 amide bonds. The molecule has 1 aromatic carbocycles. The highest BCUT2D eigenvalue weighted by Gasteiger charge is 2.17. The summed E-state index contributed by atoms with van der Waals surface area (Å²) in [5.74, 6) is 0.997. The number of nitrogens with zero attached hydrogens (tertiary/aromatic N) is 1. The molecule has 0 aliphatic rings. The van der Waals surface area contributed by atoms with Gasteiger partial charge < -0.3 is 10.2 Å². The van der Waals surface area contributed by atoms with Gasteiger partial charge in [-0.1, -0.05) is 37.0 Å². The summed E-state index contributed by atoms with van der Waals surface area (Å²) in [6.07, 6.45) is 0.818. The van der Waals surface area contributed by atoms with Gasteiger partial charge in [0.15, 0.2) is 5.58 Å². The lowest BCUT2D eigenvalue weighted by atomic mass is 10.0. The van der Waals surface area contributed by atoms with Crippen LogP contribution in [0.4, 0.5) is 0 Å². The topological polar surface area (TPSA) is 52.0 Å². The van der Waals surface area contributed by atoms with Crippen molar-refractivity contribution in [3.63, 3.8) is 0 Å². The van der Waals surface area contributed by atoms with E-state index in [4.69, 9.17) is 33.4 Å². The molecular weight excluding hydrogens is 259 g/mol. The quantitative estimate of drug-likeness (QED) is 0.912. The van der Waals surface area contributed by atoms with Gasteiger partial charge in [0, 0.05) is 5.02 Å². The summed E-state index contributed by atoms with van der Waals surface area (Å²) < 4.78 is 5.59. The van der Waals surface area contributed by atoms with Crippen molar-refractivity contribution < 1.29 is 4.42 Å². The molecule has 5 heteroatoms. The van der Waals surface area contributed by atoms with Gasteiger partial charge in [-0.15, -0.1) is 0 Å². The SMILES string of the molecule is CC(C)CC(N)c1nc2cc(Cl)cc(Cl)c2o1. The van der Waals surface area contributed by atoms with E-state index in [-0.39, 0.29) is 6.04 Å². The van der Waals surface area contributed by atoms with Crippen LogP contribution < -0.4 is 5.73 Å². The van der Waals surface area contributed by atoms with Crippen LogP contribution in [0, 0.1) is 5.92 Å². The first-order valence-electron chi connectivity index (χ1n) is 5.48. The fourth-order valence-electron chi connectivity index (χ4n) is 1.74. The van der Waals surface area contributed by atoms with Gasteiger partial charge in [0.1, 0.15) is 5.52 Å². The van der Waals surface area contributed by atoms with Crippen LogP contribution in [0.1, 0.15) is 32.2 Å². The number of halogens is 2. The third-order valence-electron chi connectivity index (χ3n) is 2.47. The van der Waals surface area contributed by atoms with E-state index in [2.05, 4.69) is 18.8 Å². The van der Waals surface area contributed by atoms with Crippen LogP contribution in [0.5, 0.6) is 0 Å². The molecule has 3 nitrogen and oxygen atoms in total. The molecule has 1 atom stereocenters. The van der Waals surface area contributed by atoms with Crippen LogP contribution in [0.2, 0.25) is 10.0 Å². The third-order valence-corrected chi connectivity index (χ3v) is 2.97. The molecule has 2 rings (SSSR count). The minimum Gasteiger partial charge on any atom is -0.437 e. The lowest BCUT2D eigenvalue weighted by Crippen LogP contribution is -2.13. The summed E-state index contributed by atoms with van der Waals surface area (Å²) in [7, 11) is 0. The van der Waals surface area contributed by atoms with Crippen molar-refractivity contribution in [1.29, 1.82) is 0 Å². The number of hydrogen-bond donors (Lipinski definition) is 1. The van der Waals surface area contributed by atoms with Crippen molar-refractivity contribution >= 4 is 34.3 Å². The lowest BCUT2D eigenvalue weighted by molar-refractivity contribution is 0.417. The van der Waals surface area contributed by atoms with Gasteiger partial charge in [-0.25, -0.2) is 4.98 Å². The van der Waals surface area contributed by atoms with Crippen molar-refractivity contribution in [2.24, 2.45) is 11.7 Å². The van der Waals surface area contributed by atoms with Gasteiger partial charge in [-0.2, -0.15) is 0 Å². The zero-order valence-corrected chi connectivity index (χ0v) is 11.2. The maximum atomic E-state index is 6.03. The second-order valence-electron chi connectivity index (χ2n) is 4.52. The highest BCUT2D eigenvalue weighted by molar-refractivity contribution is 6.37. The van der Waals surface area contributed by atoms with E-state index in [1.54, 1.807) is 12.1 Å². The zero-order valence-electron chi connectivity index (χ0n) is 9.71. The Morgan fingerprint density at radius 2 is 2.06 bits per heavy atom. The van der Waals surface area contributed by atoms with Crippen LogP contribution in [-0.4, -0.2) is 4.98 Å². The van der Waals surface area contributed by atoms with E-state index in [9.17, 15) is 0 Å². The van der Waals surface area contributed by atoms with Crippen molar-refractivity contribution in [3.05, 3.63) is 28.1 Å². The van der Waals surface area contributed by atoms with E-state index in [1.165, 1.54) is 0 Å². The Kier molecular flexibility index (Phi) is 3.61. The number of benzene rings is 1. The standard InChI is InChI=1S/C12H14Cl2N2O/c1-6(2)3-9(15)12-16-10-5-7(13)4-8(14)11(10)17-12/h4-6,9H,3,15H2,1-2H3. The number of nitrogens with two attached hydrogens (primary N) is 1. The molecule has 0 saturated heterocycles. The fraction of sp³-hybridized carbons (Fsp3) is 0.417. The molecule has 0 aliphatic heterocycles. The summed E-state index contributed by atoms with van der Waals surface area (Å²) in [6.45, 7) is 4.21. The predicted molar refractivity (Wildman–Crippen MR) is 70.4 cm³/mol. The van der Waals surface area contributed by atoms with Gasteiger partial charge in [-0.05, 0) is 24.5 Å². The maximum Gasteiger partial charge on any atom is 0.212 e. The lowest BCUT2D eigenvalue weighted by Gasteiger charge is -2.09. The molecule has 0 bridgehead atoms. The average molecular weight is 273 g/mol. The molecule has 1 aromatic heterocycles. The Morgan fingerprint density at radius 3 is 2.71 bits per heavy atom. The molecule has 0 aliphatic carbocycles. The van der Waals surface area contributed by atoms with Crippen LogP contribution in [0.3, 0.4) is 0 Å². The maximum absolute atomic E-state index is 6.03. The van der Waals surface area contributed by atoms with E-state index < -0.39 is 0 Å². The molecule has 0 spiro atoms. The van der Waals surface area contributed by atoms with Crippen LogP contribution in [0.15, 0.2) is 16.5 Å².